The Morgan fingerprint density at radius 2 is 1.89 bits per heavy atom. The van der Waals surface area contributed by atoms with Gasteiger partial charge in [0.1, 0.15) is 0 Å². The minimum atomic E-state index is -0.212. The van der Waals surface area contributed by atoms with Crippen LogP contribution in [0.3, 0.4) is 0 Å². The van der Waals surface area contributed by atoms with Gasteiger partial charge in [-0.1, -0.05) is 33.6 Å². The van der Waals surface area contributed by atoms with Gasteiger partial charge in [0.15, 0.2) is 11.5 Å². The molecule has 0 spiro atoms. The number of benzene rings is 2. The van der Waals surface area contributed by atoms with Gasteiger partial charge < -0.3 is 19.5 Å². The van der Waals surface area contributed by atoms with Crippen molar-refractivity contribution in [3.05, 3.63) is 57.0 Å². The minimum Gasteiger partial charge on any atom is -0.454 e. The number of hydrogen-bond donors (Lipinski definition) is 1. The van der Waals surface area contributed by atoms with E-state index >= 15 is 0 Å². The summed E-state index contributed by atoms with van der Waals surface area (Å²) in [5.41, 5.74) is 1.38. The number of carbonyl (C=O) groups is 1. The zero-order valence-corrected chi connectivity index (χ0v) is 16.9. The molecule has 4 rings (SSSR count). The summed E-state index contributed by atoms with van der Waals surface area (Å²) in [7, 11) is 0. The molecule has 7 heteroatoms. The highest BCUT2D eigenvalue weighted by atomic mass is 79.9. The minimum absolute atomic E-state index is 0.181. The molecule has 1 amide bonds. The van der Waals surface area contributed by atoms with Crippen molar-refractivity contribution in [3.63, 3.8) is 0 Å². The summed E-state index contributed by atoms with van der Waals surface area (Å²) in [6.45, 7) is 2.06. The Bertz CT molecular complexity index is 867. The van der Waals surface area contributed by atoms with Crippen LogP contribution in [0.25, 0.3) is 0 Å². The molecule has 0 unspecified atom stereocenters. The van der Waals surface area contributed by atoms with Gasteiger partial charge in [0, 0.05) is 29.6 Å². The van der Waals surface area contributed by atoms with Gasteiger partial charge >= 0.3 is 0 Å². The third-order valence-electron chi connectivity index (χ3n) is 5.20. The van der Waals surface area contributed by atoms with E-state index in [2.05, 4.69) is 27.3 Å². The van der Waals surface area contributed by atoms with E-state index in [0.29, 0.717) is 30.3 Å². The molecule has 5 nitrogen and oxygen atoms in total. The molecule has 2 aliphatic heterocycles. The number of amides is 1. The molecule has 0 aromatic heterocycles. The van der Waals surface area contributed by atoms with Gasteiger partial charge in [-0.05, 0) is 48.7 Å². The van der Waals surface area contributed by atoms with Gasteiger partial charge in [-0.3, -0.25) is 4.79 Å². The van der Waals surface area contributed by atoms with Crippen molar-refractivity contribution in [2.45, 2.75) is 18.3 Å². The van der Waals surface area contributed by atoms with Gasteiger partial charge in [-0.15, -0.1) is 0 Å². The highest BCUT2D eigenvalue weighted by Gasteiger charge is 2.36. The van der Waals surface area contributed by atoms with Crippen LogP contribution in [-0.4, -0.2) is 32.5 Å². The molecule has 27 heavy (non-hydrogen) atoms. The van der Waals surface area contributed by atoms with Crippen LogP contribution in [0.2, 0.25) is 5.02 Å². The maximum Gasteiger partial charge on any atom is 0.252 e. The molecule has 0 aliphatic carbocycles. The first kappa shape index (κ1) is 18.6. The first-order chi connectivity index (χ1) is 13.1. The Balaban J connectivity index is 1.56. The maximum atomic E-state index is 12.7. The van der Waals surface area contributed by atoms with Crippen molar-refractivity contribution < 1.29 is 19.0 Å². The molecule has 2 aromatic carbocycles. The van der Waals surface area contributed by atoms with Crippen molar-refractivity contribution in [1.29, 1.82) is 0 Å². The summed E-state index contributed by atoms with van der Waals surface area (Å²) in [6.07, 6.45) is 1.64. The molecule has 1 N–H and O–H groups in total. The van der Waals surface area contributed by atoms with Gasteiger partial charge in [-0.2, -0.15) is 0 Å². The van der Waals surface area contributed by atoms with Crippen LogP contribution >= 0.6 is 27.5 Å². The van der Waals surface area contributed by atoms with Crippen LogP contribution in [0, 0.1) is 0 Å². The quantitative estimate of drug-likeness (QED) is 0.751. The molecular formula is C20H19BrClNO4. The number of fused-ring (bicyclic) bond motifs is 1. The summed E-state index contributed by atoms with van der Waals surface area (Å²) in [6, 6.07) is 11.3. The number of halogens is 2. The van der Waals surface area contributed by atoms with E-state index in [1.807, 2.05) is 18.2 Å². The normalized spacial score (nSPS) is 17.6. The molecule has 0 atom stereocenters. The summed E-state index contributed by atoms with van der Waals surface area (Å²) < 4.78 is 17.4. The van der Waals surface area contributed by atoms with Crippen molar-refractivity contribution in [2.75, 3.05) is 26.6 Å². The van der Waals surface area contributed by atoms with E-state index in [9.17, 15) is 4.79 Å². The summed E-state index contributed by atoms with van der Waals surface area (Å²) in [4.78, 5) is 12.7. The predicted octanol–water partition coefficient (Wildman–Crippen LogP) is 4.31. The zero-order valence-electron chi connectivity index (χ0n) is 14.6. The second kappa shape index (κ2) is 7.70. The number of carbonyl (C=O) groups excluding carboxylic acids is 1. The Labute approximate surface area is 171 Å². The molecule has 0 radical (unpaired) electrons. The lowest BCUT2D eigenvalue weighted by Gasteiger charge is -2.38. The third-order valence-corrected chi connectivity index (χ3v) is 6.00. The maximum absolute atomic E-state index is 12.7. The van der Waals surface area contributed by atoms with E-state index in [4.69, 9.17) is 25.8 Å². The fourth-order valence-electron chi connectivity index (χ4n) is 3.57. The van der Waals surface area contributed by atoms with Gasteiger partial charge in [0.2, 0.25) is 6.79 Å². The van der Waals surface area contributed by atoms with E-state index in [-0.39, 0.29) is 18.1 Å². The number of nitrogens with one attached hydrogen (secondary N) is 1. The first-order valence-electron chi connectivity index (χ1n) is 8.79. The Morgan fingerprint density at radius 3 is 2.67 bits per heavy atom. The van der Waals surface area contributed by atoms with Crippen molar-refractivity contribution in [2.24, 2.45) is 0 Å². The standard InChI is InChI=1S/C20H19BrClNO4/c21-14-2-3-15(16(22)10-14)19(24)23-11-20(5-7-25-8-6-20)13-1-4-17-18(9-13)27-12-26-17/h1-4,9-10H,5-8,11-12H2,(H,23,24). The van der Waals surface area contributed by atoms with E-state index in [1.165, 1.54) is 0 Å². The fraction of sp³-hybridized carbons (Fsp3) is 0.350. The van der Waals surface area contributed by atoms with E-state index in [0.717, 1.165) is 34.4 Å². The van der Waals surface area contributed by atoms with E-state index in [1.54, 1.807) is 12.1 Å². The highest BCUT2D eigenvalue weighted by molar-refractivity contribution is 9.10. The lowest BCUT2D eigenvalue weighted by Crippen LogP contribution is -2.44. The number of hydrogen-bond acceptors (Lipinski definition) is 4. The van der Waals surface area contributed by atoms with Gasteiger partial charge in [0.25, 0.3) is 5.91 Å². The van der Waals surface area contributed by atoms with Gasteiger partial charge in [0.05, 0.1) is 10.6 Å². The fourth-order valence-corrected chi connectivity index (χ4v) is 4.33. The van der Waals surface area contributed by atoms with Crippen molar-refractivity contribution in [3.8, 4) is 11.5 Å². The molecule has 0 saturated carbocycles. The smallest absolute Gasteiger partial charge is 0.252 e. The van der Waals surface area contributed by atoms with Crippen LogP contribution in [0.4, 0.5) is 0 Å². The zero-order chi connectivity index (χ0) is 18.9. The van der Waals surface area contributed by atoms with E-state index < -0.39 is 0 Å². The Hall–Kier alpha value is -1.76. The lowest BCUT2D eigenvalue weighted by atomic mass is 9.74. The molecule has 1 saturated heterocycles. The summed E-state index contributed by atoms with van der Waals surface area (Å²) in [5.74, 6) is 1.33. The molecule has 142 valence electrons. The summed E-state index contributed by atoms with van der Waals surface area (Å²) in [5, 5.41) is 3.49. The van der Waals surface area contributed by atoms with Gasteiger partial charge in [-0.25, -0.2) is 0 Å². The average Bonchev–Trinajstić information content (AvgIpc) is 3.15. The molecular weight excluding hydrogens is 434 g/mol. The Morgan fingerprint density at radius 1 is 1.11 bits per heavy atom. The Kier molecular flexibility index (Phi) is 5.30. The van der Waals surface area contributed by atoms with Crippen LogP contribution in [0.15, 0.2) is 40.9 Å². The molecule has 1 fully saturated rings. The first-order valence-corrected chi connectivity index (χ1v) is 9.96. The molecule has 2 heterocycles. The molecule has 2 aromatic rings. The summed E-state index contributed by atoms with van der Waals surface area (Å²) >= 11 is 9.58. The topological polar surface area (TPSA) is 56.8 Å². The second-order valence-electron chi connectivity index (χ2n) is 6.77. The SMILES string of the molecule is O=C(NCC1(c2ccc3c(c2)OCO3)CCOCC1)c1ccc(Br)cc1Cl. The predicted molar refractivity (Wildman–Crippen MR) is 106 cm³/mol. The number of rotatable bonds is 4. The molecule has 0 bridgehead atoms. The highest BCUT2D eigenvalue weighted by Crippen LogP contribution is 2.40. The molecule has 2 aliphatic rings. The number of ether oxygens (including phenoxy) is 3. The second-order valence-corrected chi connectivity index (χ2v) is 8.09. The van der Waals surface area contributed by atoms with Crippen LogP contribution in [0.5, 0.6) is 11.5 Å². The monoisotopic (exact) mass is 451 g/mol. The van der Waals surface area contributed by atoms with Crippen molar-refractivity contribution >= 4 is 33.4 Å². The van der Waals surface area contributed by atoms with Crippen LogP contribution < -0.4 is 14.8 Å². The van der Waals surface area contributed by atoms with Crippen molar-refractivity contribution in [1.82, 2.24) is 5.32 Å². The average molecular weight is 453 g/mol. The lowest BCUT2D eigenvalue weighted by molar-refractivity contribution is 0.0486. The van der Waals surface area contributed by atoms with Crippen LogP contribution in [-0.2, 0) is 10.2 Å². The largest absolute Gasteiger partial charge is 0.454 e. The third kappa shape index (κ3) is 3.79. The van der Waals surface area contributed by atoms with Crippen LogP contribution in [0.1, 0.15) is 28.8 Å².